The summed E-state index contributed by atoms with van der Waals surface area (Å²) in [4.78, 5) is 7.88. The summed E-state index contributed by atoms with van der Waals surface area (Å²) >= 11 is 0. The largest absolute Gasteiger partial charge is 0.221 e. The fourth-order valence-electron chi connectivity index (χ4n) is 0.865. The zero-order valence-corrected chi connectivity index (χ0v) is 7.48. The van der Waals surface area contributed by atoms with E-state index in [0.29, 0.717) is 13.1 Å². The number of nitrogens with zero attached hydrogens (tertiary/aromatic N) is 2. The summed E-state index contributed by atoms with van der Waals surface area (Å²) in [5.41, 5.74) is 1.17. The van der Waals surface area contributed by atoms with Gasteiger partial charge in [-0.3, -0.25) is 0 Å². The average Bonchev–Trinajstić information content (AvgIpc) is 2.19. The van der Waals surface area contributed by atoms with Crippen molar-refractivity contribution in [2.45, 2.75) is 6.54 Å². The van der Waals surface area contributed by atoms with Gasteiger partial charge in [0.05, 0.1) is 19.1 Å². The Bertz CT molecular complexity index is 308. The maximum absolute atomic E-state index is 4.01. The first-order valence-corrected chi connectivity index (χ1v) is 4.16. The molecular weight excluding hydrogens is 160 g/mol. The van der Waals surface area contributed by atoms with E-state index in [1.54, 1.807) is 6.08 Å². The van der Waals surface area contributed by atoms with Crippen LogP contribution in [-0.2, 0) is 6.54 Å². The van der Waals surface area contributed by atoms with E-state index >= 15 is 0 Å². The van der Waals surface area contributed by atoms with Crippen molar-refractivity contribution in [2.75, 3.05) is 6.54 Å². The Labute approximate surface area is 78.4 Å². The van der Waals surface area contributed by atoms with Crippen molar-refractivity contribution in [1.29, 1.82) is 0 Å². The van der Waals surface area contributed by atoms with E-state index in [4.69, 9.17) is 0 Å². The monoisotopic (exact) mass is 172 g/mol. The van der Waals surface area contributed by atoms with Gasteiger partial charge in [-0.2, -0.15) is 0 Å². The lowest BCUT2D eigenvalue weighted by Gasteiger charge is -1.90. The highest BCUT2D eigenvalue weighted by Crippen LogP contribution is 1.98. The second kappa shape index (κ2) is 5.92. The van der Waals surface area contributed by atoms with Crippen LogP contribution in [0.2, 0.25) is 0 Å². The van der Waals surface area contributed by atoms with Crippen LogP contribution in [-0.4, -0.2) is 12.6 Å². The first kappa shape index (κ1) is 9.43. The highest BCUT2D eigenvalue weighted by Gasteiger charge is 1.84. The topological polar surface area (TPSA) is 24.7 Å². The number of rotatable bonds is 4. The second-order valence-electron chi connectivity index (χ2n) is 2.53. The Hall–Kier alpha value is -1.66. The fraction of sp³-hybridized carbons (Fsp3) is 0.182. The molecule has 0 aliphatic heterocycles. The maximum Gasteiger partial charge on any atom is 0.0899 e. The van der Waals surface area contributed by atoms with Gasteiger partial charge in [0.1, 0.15) is 0 Å². The smallest absolute Gasteiger partial charge is 0.0899 e. The van der Waals surface area contributed by atoms with Gasteiger partial charge < -0.3 is 0 Å². The molecule has 0 atom stereocenters. The lowest BCUT2D eigenvalue weighted by Crippen LogP contribution is -1.78. The summed E-state index contributed by atoms with van der Waals surface area (Å²) in [5.74, 6) is 0. The van der Waals surface area contributed by atoms with Crippen LogP contribution in [0.4, 0.5) is 0 Å². The summed E-state index contributed by atoms with van der Waals surface area (Å²) in [6, 6.07) is 12.6. The number of benzene rings is 1. The lowest BCUT2D eigenvalue weighted by atomic mass is 10.2. The normalized spacial score (nSPS) is 8.62. The van der Waals surface area contributed by atoms with Crippen LogP contribution in [0.5, 0.6) is 0 Å². The Morgan fingerprint density at radius 2 is 2.00 bits per heavy atom. The van der Waals surface area contributed by atoms with E-state index in [-0.39, 0.29) is 0 Å². The zero-order valence-electron chi connectivity index (χ0n) is 7.48. The van der Waals surface area contributed by atoms with E-state index in [2.05, 4.69) is 22.6 Å². The van der Waals surface area contributed by atoms with Crippen molar-refractivity contribution in [2.24, 2.45) is 9.98 Å². The molecule has 0 unspecified atom stereocenters. The van der Waals surface area contributed by atoms with Gasteiger partial charge in [-0.05, 0) is 5.56 Å². The van der Waals surface area contributed by atoms with E-state index in [1.807, 2.05) is 30.3 Å². The van der Waals surface area contributed by atoms with Crippen LogP contribution in [0.3, 0.4) is 0 Å². The van der Waals surface area contributed by atoms with Crippen LogP contribution < -0.4 is 0 Å². The molecule has 66 valence electrons. The van der Waals surface area contributed by atoms with Gasteiger partial charge in [0.15, 0.2) is 0 Å². The molecule has 0 saturated carbocycles. The van der Waals surface area contributed by atoms with Gasteiger partial charge in [0.25, 0.3) is 0 Å². The quantitative estimate of drug-likeness (QED) is 0.492. The molecule has 0 amide bonds. The summed E-state index contributed by atoms with van der Waals surface area (Å²) in [6.45, 7) is 4.76. The molecule has 13 heavy (non-hydrogen) atoms. The molecule has 0 heterocycles. The minimum atomic E-state index is 0.582. The Balaban J connectivity index is 2.43. The SMILES string of the molecule is C=CCN=C=NCc1ccccc1. The van der Waals surface area contributed by atoms with Crippen LogP contribution in [0.15, 0.2) is 53.0 Å². The Kier molecular flexibility index (Phi) is 4.30. The van der Waals surface area contributed by atoms with Crippen LogP contribution in [0.25, 0.3) is 0 Å². The Morgan fingerprint density at radius 3 is 2.69 bits per heavy atom. The van der Waals surface area contributed by atoms with Crippen molar-refractivity contribution in [1.82, 2.24) is 0 Å². The van der Waals surface area contributed by atoms with Gasteiger partial charge >= 0.3 is 0 Å². The third kappa shape index (κ3) is 4.04. The van der Waals surface area contributed by atoms with Crippen LogP contribution in [0, 0.1) is 0 Å². The minimum absolute atomic E-state index is 0.582. The molecule has 0 fully saturated rings. The zero-order chi connectivity index (χ0) is 9.36. The summed E-state index contributed by atoms with van der Waals surface area (Å²) in [7, 11) is 0. The molecule has 0 bridgehead atoms. The highest BCUT2D eigenvalue weighted by atomic mass is 14.8. The molecular formula is C11H12N2. The van der Waals surface area contributed by atoms with Crippen molar-refractivity contribution in [3.8, 4) is 0 Å². The summed E-state index contributed by atoms with van der Waals surface area (Å²) in [6.07, 6.45) is 1.71. The van der Waals surface area contributed by atoms with Crippen molar-refractivity contribution >= 4 is 6.01 Å². The molecule has 1 aromatic rings. The van der Waals surface area contributed by atoms with Gasteiger partial charge in [0.2, 0.25) is 0 Å². The van der Waals surface area contributed by atoms with E-state index < -0.39 is 0 Å². The third-order valence-electron chi connectivity index (χ3n) is 1.47. The van der Waals surface area contributed by atoms with Crippen molar-refractivity contribution < 1.29 is 0 Å². The number of hydrogen-bond donors (Lipinski definition) is 0. The highest BCUT2D eigenvalue weighted by molar-refractivity contribution is 5.41. The second-order valence-corrected chi connectivity index (χ2v) is 2.53. The molecule has 2 heteroatoms. The molecule has 1 aromatic carbocycles. The van der Waals surface area contributed by atoms with Gasteiger partial charge in [-0.15, -0.1) is 6.58 Å². The van der Waals surface area contributed by atoms with Gasteiger partial charge in [-0.1, -0.05) is 36.4 Å². The molecule has 0 saturated heterocycles. The molecule has 0 N–H and O–H groups in total. The van der Waals surface area contributed by atoms with Crippen LogP contribution in [0.1, 0.15) is 5.56 Å². The molecule has 1 rings (SSSR count). The maximum atomic E-state index is 4.01. The predicted octanol–water partition coefficient (Wildman–Crippen LogP) is 2.55. The third-order valence-corrected chi connectivity index (χ3v) is 1.47. The minimum Gasteiger partial charge on any atom is -0.221 e. The predicted molar refractivity (Wildman–Crippen MR) is 55.1 cm³/mol. The molecule has 0 aliphatic carbocycles. The molecule has 2 nitrogen and oxygen atoms in total. The van der Waals surface area contributed by atoms with Crippen molar-refractivity contribution in [3.05, 3.63) is 48.6 Å². The fourth-order valence-corrected chi connectivity index (χ4v) is 0.865. The number of hydrogen-bond acceptors (Lipinski definition) is 2. The van der Waals surface area contributed by atoms with Gasteiger partial charge in [0, 0.05) is 0 Å². The van der Waals surface area contributed by atoms with E-state index in [0.717, 1.165) is 0 Å². The van der Waals surface area contributed by atoms with Crippen LogP contribution >= 0.6 is 0 Å². The lowest BCUT2D eigenvalue weighted by molar-refractivity contribution is 1.07. The van der Waals surface area contributed by atoms with E-state index in [9.17, 15) is 0 Å². The standard InChI is InChI=1S/C11H12N2/c1-2-8-12-10-13-9-11-6-4-3-5-7-11/h2-7H,1,8-9H2. The molecule has 0 radical (unpaired) electrons. The first-order valence-electron chi connectivity index (χ1n) is 4.16. The van der Waals surface area contributed by atoms with Crippen molar-refractivity contribution in [3.63, 3.8) is 0 Å². The van der Waals surface area contributed by atoms with Gasteiger partial charge in [-0.25, -0.2) is 9.98 Å². The molecule has 0 spiro atoms. The first-order chi connectivity index (χ1) is 6.43. The average molecular weight is 172 g/mol. The summed E-state index contributed by atoms with van der Waals surface area (Å²) < 4.78 is 0. The number of aliphatic imine (C=N–C) groups is 2. The Morgan fingerprint density at radius 1 is 1.23 bits per heavy atom. The summed E-state index contributed by atoms with van der Waals surface area (Å²) in [5, 5.41) is 0. The van der Waals surface area contributed by atoms with E-state index in [1.165, 1.54) is 5.56 Å². The molecule has 0 aliphatic rings. The molecule has 0 aromatic heterocycles.